The summed E-state index contributed by atoms with van der Waals surface area (Å²) in [4.78, 5) is 14.1. The van der Waals surface area contributed by atoms with Gasteiger partial charge in [0.05, 0.1) is 6.04 Å². The first-order valence-corrected chi connectivity index (χ1v) is 7.35. The number of amides is 1. The maximum Gasteiger partial charge on any atom is 0.223 e. The lowest BCUT2D eigenvalue weighted by molar-refractivity contribution is -0.133. The zero-order valence-electron chi connectivity index (χ0n) is 12.2. The first-order chi connectivity index (χ1) is 9.54. The van der Waals surface area contributed by atoms with Crippen molar-refractivity contribution in [2.24, 2.45) is 5.73 Å². The molecule has 0 aromatic heterocycles. The number of hydrogen-bond acceptors (Lipinski definition) is 2. The average molecular weight is 278 g/mol. The monoisotopic (exact) mass is 278 g/mol. The Hall–Kier alpha value is -1.42. The predicted octanol–water partition coefficient (Wildman–Crippen LogP) is 2.93. The van der Waals surface area contributed by atoms with E-state index in [1.54, 1.807) is 13.0 Å². The molecule has 0 saturated carbocycles. The quantitative estimate of drug-likeness (QED) is 0.924. The summed E-state index contributed by atoms with van der Waals surface area (Å²) < 4.78 is 13.8. The van der Waals surface area contributed by atoms with Crippen molar-refractivity contribution in [2.45, 2.75) is 51.6 Å². The van der Waals surface area contributed by atoms with Gasteiger partial charge in [0.2, 0.25) is 5.91 Å². The Morgan fingerprint density at radius 1 is 1.45 bits per heavy atom. The number of hydrogen-bond donors (Lipinski definition) is 1. The van der Waals surface area contributed by atoms with E-state index < -0.39 is 0 Å². The molecule has 1 aromatic rings. The largest absolute Gasteiger partial charge is 0.334 e. The average Bonchev–Trinajstić information content (AvgIpc) is 2.54. The molecule has 2 atom stereocenters. The topological polar surface area (TPSA) is 46.3 Å². The van der Waals surface area contributed by atoms with Gasteiger partial charge in [-0.25, -0.2) is 4.39 Å². The molecule has 1 heterocycles. The van der Waals surface area contributed by atoms with Crippen molar-refractivity contribution < 1.29 is 9.18 Å². The SMILES string of the molecule is CCCN1C(=O)CCCC(N)C1c1ccc(C)c(F)c1. The van der Waals surface area contributed by atoms with Crippen molar-refractivity contribution in [1.29, 1.82) is 0 Å². The molecule has 2 rings (SSSR count). The highest BCUT2D eigenvalue weighted by Crippen LogP contribution is 2.31. The van der Waals surface area contributed by atoms with Gasteiger partial charge in [0.1, 0.15) is 5.82 Å². The Morgan fingerprint density at radius 3 is 2.85 bits per heavy atom. The van der Waals surface area contributed by atoms with Crippen LogP contribution in [0.25, 0.3) is 0 Å². The van der Waals surface area contributed by atoms with Crippen molar-refractivity contribution in [3.63, 3.8) is 0 Å². The number of nitrogens with two attached hydrogens (primary N) is 1. The van der Waals surface area contributed by atoms with Gasteiger partial charge in [-0.15, -0.1) is 0 Å². The van der Waals surface area contributed by atoms with Crippen LogP contribution in [-0.4, -0.2) is 23.4 Å². The molecular weight excluding hydrogens is 255 g/mol. The van der Waals surface area contributed by atoms with Gasteiger partial charge >= 0.3 is 0 Å². The Morgan fingerprint density at radius 2 is 2.20 bits per heavy atom. The summed E-state index contributed by atoms with van der Waals surface area (Å²) in [5.74, 6) is -0.103. The number of carbonyl (C=O) groups is 1. The first kappa shape index (κ1) is 15.0. The number of carbonyl (C=O) groups excluding carboxylic acids is 1. The van der Waals surface area contributed by atoms with Crippen molar-refractivity contribution >= 4 is 5.91 Å². The number of halogens is 1. The Balaban J connectivity index is 2.40. The van der Waals surface area contributed by atoms with Crippen molar-refractivity contribution in [3.05, 3.63) is 35.1 Å². The predicted molar refractivity (Wildman–Crippen MR) is 77.7 cm³/mol. The molecule has 20 heavy (non-hydrogen) atoms. The lowest BCUT2D eigenvalue weighted by Crippen LogP contribution is -2.42. The van der Waals surface area contributed by atoms with Gasteiger partial charge in [-0.1, -0.05) is 19.1 Å². The zero-order valence-corrected chi connectivity index (χ0v) is 12.2. The second kappa shape index (κ2) is 6.35. The van der Waals surface area contributed by atoms with E-state index in [4.69, 9.17) is 5.73 Å². The van der Waals surface area contributed by atoms with E-state index in [9.17, 15) is 9.18 Å². The highest BCUT2D eigenvalue weighted by Gasteiger charge is 2.32. The Labute approximate surface area is 120 Å². The molecule has 2 N–H and O–H groups in total. The highest BCUT2D eigenvalue weighted by atomic mass is 19.1. The molecule has 1 fully saturated rings. The summed E-state index contributed by atoms with van der Waals surface area (Å²) in [5, 5.41) is 0. The lowest BCUT2D eigenvalue weighted by atomic mass is 9.95. The first-order valence-electron chi connectivity index (χ1n) is 7.35. The summed E-state index contributed by atoms with van der Waals surface area (Å²) in [5.41, 5.74) is 7.69. The van der Waals surface area contributed by atoms with Crippen molar-refractivity contribution in [2.75, 3.05) is 6.54 Å². The molecule has 4 heteroatoms. The van der Waals surface area contributed by atoms with E-state index in [2.05, 4.69) is 0 Å². The summed E-state index contributed by atoms with van der Waals surface area (Å²) in [6.07, 6.45) is 3.03. The molecule has 1 aliphatic heterocycles. The van der Waals surface area contributed by atoms with E-state index >= 15 is 0 Å². The molecule has 0 radical (unpaired) electrons. The number of benzene rings is 1. The van der Waals surface area contributed by atoms with Crippen LogP contribution in [0.3, 0.4) is 0 Å². The standard InChI is InChI=1S/C16H23FN2O/c1-3-9-19-15(20)6-4-5-14(18)16(19)12-8-7-11(2)13(17)10-12/h7-8,10,14,16H,3-6,9,18H2,1-2H3. The molecule has 2 unspecified atom stereocenters. The van der Waals surface area contributed by atoms with Crippen molar-refractivity contribution in [1.82, 2.24) is 4.90 Å². The van der Waals surface area contributed by atoms with Gasteiger partial charge in [0.15, 0.2) is 0 Å². The fraction of sp³-hybridized carbons (Fsp3) is 0.562. The normalized spacial score (nSPS) is 23.8. The van der Waals surface area contributed by atoms with Gasteiger partial charge in [-0.2, -0.15) is 0 Å². The second-order valence-electron chi connectivity index (χ2n) is 5.60. The van der Waals surface area contributed by atoms with E-state index in [0.29, 0.717) is 18.5 Å². The molecule has 1 aliphatic rings. The van der Waals surface area contributed by atoms with Gasteiger partial charge in [-0.3, -0.25) is 4.79 Å². The van der Waals surface area contributed by atoms with Crippen molar-refractivity contribution in [3.8, 4) is 0 Å². The van der Waals surface area contributed by atoms with E-state index in [1.807, 2.05) is 17.9 Å². The minimum Gasteiger partial charge on any atom is -0.334 e. The third-order valence-corrected chi connectivity index (χ3v) is 3.99. The number of nitrogens with zero attached hydrogens (tertiary/aromatic N) is 1. The molecule has 110 valence electrons. The van der Waals surface area contributed by atoms with Gasteiger partial charge < -0.3 is 10.6 Å². The third kappa shape index (κ3) is 3.01. The fourth-order valence-corrected chi connectivity index (χ4v) is 2.90. The molecule has 3 nitrogen and oxygen atoms in total. The van der Waals surface area contributed by atoms with E-state index in [0.717, 1.165) is 24.8 Å². The van der Waals surface area contributed by atoms with Gasteiger partial charge in [0, 0.05) is 19.0 Å². The van der Waals surface area contributed by atoms with Crippen LogP contribution in [0.4, 0.5) is 4.39 Å². The van der Waals surface area contributed by atoms with Crippen LogP contribution in [0.2, 0.25) is 0 Å². The van der Waals surface area contributed by atoms with Crippen LogP contribution in [0.1, 0.15) is 49.8 Å². The van der Waals surface area contributed by atoms with E-state index in [1.165, 1.54) is 6.07 Å². The summed E-state index contributed by atoms with van der Waals surface area (Å²) >= 11 is 0. The zero-order chi connectivity index (χ0) is 14.7. The smallest absolute Gasteiger partial charge is 0.223 e. The molecule has 1 amide bonds. The number of aryl methyl sites for hydroxylation is 1. The van der Waals surface area contributed by atoms with Crippen LogP contribution >= 0.6 is 0 Å². The van der Waals surface area contributed by atoms with Crippen LogP contribution in [0.15, 0.2) is 18.2 Å². The van der Waals surface area contributed by atoms with Gasteiger partial charge in [0.25, 0.3) is 0 Å². The molecule has 0 spiro atoms. The summed E-state index contributed by atoms with van der Waals surface area (Å²) in [6.45, 7) is 4.45. The second-order valence-corrected chi connectivity index (χ2v) is 5.60. The molecule has 1 aromatic carbocycles. The molecule has 1 saturated heterocycles. The Bertz CT molecular complexity index is 489. The number of rotatable bonds is 3. The maximum atomic E-state index is 13.8. The molecule has 0 aliphatic carbocycles. The summed E-state index contributed by atoms with van der Waals surface area (Å²) in [6, 6.07) is 4.84. The maximum absolute atomic E-state index is 13.8. The summed E-state index contributed by atoms with van der Waals surface area (Å²) in [7, 11) is 0. The van der Waals surface area contributed by atoms with Crippen LogP contribution < -0.4 is 5.73 Å². The highest BCUT2D eigenvalue weighted by molar-refractivity contribution is 5.77. The minimum absolute atomic E-state index is 0.130. The molecule has 0 bridgehead atoms. The third-order valence-electron chi connectivity index (χ3n) is 3.99. The lowest BCUT2D eigenvalue weighted by Gasteiger charge is -2.34. The van der Waals surface area contributed by atoms with Gasteiger partial charge in [-0.05, 0) is 43.4 Å². The Kier molecular flexibility index (Phi) is 4.76. The minimum atomic E-state index is -0.233. The van der Waals surface area contributed by atoms with Crippen LogP contribution in [-0.2, 0) is 4.79 Å². The number of likely N-dealkylation sites (tertiary alicyclic amines) is 1. The van der Waals surface area contributed by atoms with Crippen LogP contribution in [0, 0.1) is 12.7 Å². The molecular formula is C16H23FN2O. The van der Waals surface area contributed by atoms with E-state index in [-0.39, 0.29) is 23.8 Å². The fourth-order valence-electron chi connectivity index (χ4n) is 2.90. The van der Waals surface area contributed by atoms with Crippen LogP contribution in [0.5, 0.6) is 0 Å².